The Balaban J connectivity index is 0.00000312. The third-order valence-corrected chi connectivity index (χ3v) is 3.96. The number of hydrogen-bond acceptors (Lipinski definition) is 4. The Hall–Kier alpha value is -2.08. The van der Waals surface area contributed by atoms with E-state index in [1.807, 2.05) is 43.3 Å². The van der Waals surface area contributed by atoms with Crippen LogP contribution in [0.15, 0.2) is 48.5 Å². The fourth-order valence-electron chi connectivity index (χ4n) is 2.58. The first kappa shape index (κ1) is 21.0. The van der Waals surface area contributed by atoms with E-state index in [4.69, 9.17) is 15.2 Å². The van der Waals surface area contributed by atoms with Crippen molar-refractivity contribution in [2.75, 3.05) is 14.2 Å². The Morgan fingerprint density at radius 2 is 1.68 bits per heavy atom. The predicted octanol–water partition coefficient (Wildman–Crippen LogP) is 3.08. The molecule has 0 fully saturated rings. The molecule has 0 saturated heterocycles. The first-order valence-electron chi connectivity index (χ1n) is 7.85. The SMILES string of the molecule is COc1ccc(C(OC)C(C)NC(=O)c2ccc(CN)cc2)cc1.Cl. The summed E-state index contributed by atoms with van der Waals surface area (Å²) in [5, 5.41) is 2.99. The van der Waals surface area contributed by atoms with Crippen molar-refractivity contribution in [3.8, 4) is 5.75 Å². The van der Waals surface area contributed by atoms with Crippen LogP contribution in [0.2, 0.25) is 0 Å². The molecule has 0 aromatic heterocycles. The highest BCUT2D eigenvalue weighted by Crippen LogP contribution is 2.23. The van der Waals surface area contributed by atoms with Crippen molar-refractivity contribution in [3.05, 3.63) is 65.2 Å². The highest BCUT2D eigenvalue weighted by Gasteiger charge is 2.21. The maximum Gasteiger partial charge on any atom is 0.251 e. The molecule has 0 saturated carbocycles. The van der Waals surface area contributed by atoms with Gasteiger partial charge in [0, 0.05) is 19.2 Å². The average molecular weight is 365 g/mol. The molecule has 1 amide bonds. The topological polar surface area (TPSA) is 73.6 Å². The standard InChI is InChI=1S/C19H24N2O3.ClH/c1-13(18(24-3)15-8-10-17(23-2)11-9-15)21-19(22)16-6-4-14(12-20)5-7-16;/h4-11,13,18H,12,20H2,1-3H3,(H,21,22);1H. The van der Waals surface area contributed by atoms with Crippen LogP contribution in [0.1, 0.15) is 34.5 Å². The number of benzene rings is 2. The lowest BCUT2D eigenvalue weighted by molar-refractivity contribution is 0.0644. The van der Waals surface area contributed by atoms with Crippen LogP contribution in [-0.2, 0) is 11.3 Å². The van der Waals surface area contributed by atoms with Crippen LogP contribution in [0.4, 0.5) is 0 Å². The van der Waals surface area contributed by atoms with Gasteiger partial charge in [0.25, 0.3) is 5.91 Å². The van der Waals surface area contributed by atoms with Crippen LogP contribution in [0.5, 0.6) is 5.75 Å². The molecule has 0 aliphatic heterocycles. The number of nitrogens with one attached hydrogen (secondary N) is 1. The van der Waals surface area contributed by atoms with Gasteiger partial charge < -0.3 is 20.5 Å². The van der Waals surface area contributed by atoms with E-state index < -0.39 is 0 Å². The number of amides is 1. The van der Waals surface area contributed by atoms with Crippen LogP contribution in [-0.4, -0.2) is 26.2 Å². The van der Waals surface area contributed by atoms with E-state index in [1.54, 1.807) is 26.4 Å². The quantitative estimate of drug-likeness (QED) is 0.791. The predicted molar refractivity (Wildman–Crippen MR) is 101 cm³/mol. The van der Waals surface area contributed by atoms with Gasteiger partial charge in [0.2, 0.25) is 0 Å². The minimum absolute atomic E-state index is 0. The van der Waals surface area contributed by atoms with Crippen LogP contribution >= 0.6 is 12.4 Å². The number of rotatable bonds is 7. The smallest absolute Gasteiger partial charge is 0.251 e. The molecule has 0 radical (unpaired) electrons. The molecule has 25 heavy (non-hydrogen) atoms. The fourth-order valence-corrected chi connectivity index (χ4v) is 2.58. The maximum atomic E-state index is 12.4. The second-order valence-corrected chi connectivity index (χ2v) is 5.59. The van der Waals surface area contributed by atoms with Crippen molar-refractivity contribution in [1.29, 1.82) is 0 Å². The summed E-state index contributed by atoms with van der Waals surface area (Å²) in [5.41, 5.74) is 8.14. The summed E-state index contributed by atoms with van der Waals surface area (Å²) >= 11 is 0. The van der Waals surface area contributed by atoms with Gasteiger partial charge >= 0.3 is 0 Å². The summed E-state index contributed by atoms with van der Waals surface area (Å²) in [6.45, 7) is 2.38. The maximum absolute atomic E-state index is 12.4. The van der Waals surface area contributed by atoms with Crippen LogP contribution in [0.3, 0.4) is 0 Å². The minimum Gasteiger partial charge on any atom is -0.497 e. The zero-order valence-corrected chi connectivity index (χ0v) is 15.5. The van der Waals surface area contributed by atoms with E-state index in [9.17, 15) is 4.79 Å². The molecule has 0 aliphatic rings. The Bertz CT molecular complexity index is 659. The summed E-state index contributed by atoms with van der Waals surface area (Å²) in [7, 11) is 3.26. The Labute approximate surface area is 154 Å². The molecule has 136 valence electrons. The van der Waals surface area contributed by atoms with Crippen molar-refractivity contribution < 1.29 is 14.3 Å². The van der Waals surface area contributed by atoms with Gasteiger partial charge in [0.1, 0.15) is 11.9 Å². The molecule has 5 nitrogen and oxygen atoms in total. The third kappa shape index (κ3) is 5.46. The van der Waals surface area contributed by atoms with Gasteiger partial charge in [-0.15, -0.1) is 12.4 Å². The lowest BCUT2D eigenvalue weighted by Gasteiger charge is -2.24. The van der Waals surface area contributed by atoms with E-state index in [0.717, 1.165) is 16.9 Å². The van der Waals surface area contributed by atoms with Gasteiger partial charge in [0.15, 0.2) is 0 Å². The van der Waals surface area contributed by atoms with E-state index in [0.29, 0.717) is 12.1 Å². The summed E-state index contributed by atoms with van der Waals surface area (Å²) in [6, 6.07) is 14.7. The van der Waals surface area contributed by atoms with Gasteiger partial charge in [-0.05, 0) is 42.3 Å². The number of carbonyl (C=O) groups excluding carboxylic acids is 1. The molecule has 0 spiro atoms. The molecular weight excluding hydrogens is 340 g/mol. The first-order valence-corrected chi connectivity index (χ1v) is 7.85. The normalized spacial score (nSPS) is 12.6. The number of halogens is 1. The number of methoxy groups -OCH3 is 2. The van der Waals surface area contributed by atoms with Crippen molar-refractivity contribution in [1.82, 2.24) is 5.32 Å². The third-order valence-electron chi connectivity index (χ3n) is 3.96. The molecule has 0 aliphatic carbocycles. The summed E-state index contributed by atoms with van der Waals surface area (Å²) in [6.07, 6.45) is -0.247. The largest absolute Gasteiger partial charge is 0.497 e. The highest BCUT2D eigenvalue weighted by atomic mass is 35.5. The summed E-state index contributed by atoms with van der Waals surface area (Å²) < 4.78 is 10.7. The first-order chi connectivity index (χ1) is 11.6. The Morgan fingerprint density at radius 3 is 2.16 bits per heavy atom. The fraction of sp³-hybridized carbons (Fsp3) is 0.316. The average Bonchev–Trinajstić information content (AvgIpc) is 2.63. The van der Waals surface area contributed by atoms with E-state index >= 15 is 0 Å². The van der Waals surface area contributed by atoms with Gasteiger partial charge in [-0.25, -0.2) is 0 Å². The van der Waals surface area contributed by atoms with Crippen molar-refractivity contribution >= 4 is 18.3 Å². The number of ether oxygens (including phenoxy) is 2. The molecular formula is C19H25ClN2O3. The molecule has 2 aromatic carbocycles. The van der Waals surface area contributed by atoms with Crippen LogP contribution < -0.4 is 15.8 Å². The molecule has 3 N–H and O–H groups in total. The summed E-state index contributed by atoms with van der Waals surface area (Å²) in [5.74, 6) is 0.645. The van der Waals surface area contributed by atoms with Gasteiger partial charge in [0.05, 0.1) is 13.2 Å². The Morgan fingerprint density at radius 1 is 1.08 bits per heavy atom. The lowest BCUT2D eigenvalue weighted by atomic mass is 10.0. The minimum atomic E-state index is -0.247. The summed E-state index contributed by atoms with van der Waals surface area (Å²) in [4.78, 5) is 12.4. The molecule has 6 heteroatoms. The van der Waals surface area contributed by atoms with Gasteiger partial charge in [-0.2, -0.15) is 0 Å². The molecule has 2 unspecified atom stereocenters. The number of hydrogen-bond donors (Lipinski definition) is 2. The molecule has 2 rings (SSSR count). The Kier molecular flexibility index (Phi) is 8.41. The second kappa shape index (κ2) is 10.0. The molecule has 0 heterocycles. The molecule has 0 bridgehead atoms. The number of nitrogens with two attached hydrogens (primary N) is 1. The number of carbonyl (C=O) groups is 1. The zero-order valence-electron chi connectivity index (χ0n) is 14.7. The van der Waals surface area contributed by atoms with Crippen LogP contribution in [0, 0.1) is 0 Å². The highest BCUT2D eigenvalue weighted by molar-refractivity contribution is 5.94. The second-order valence-electron chi connectivity index (χ2n) is 5.59. The zero-order chi connectivity index (χ0) is 17.5. The monoisotopic (exact) mass is 364 g/mol. The van der Waals surface area contributed by atoms with Crippen molar-refractivity contribution in [3.63, 3.8) is 0 Å². The van der Waals surface area contributed by atoms with Crippen LogP contribution in [0.25, 0.3) is 0 Å². The van der Waals surface area contributed by atoms with E-state index in [2.05, 4.69) is 5.32 Å². The molecule has 2 aromatic rings. The van der Waals surface area contributed by atoms with Crippen molar-refractivity contribution in [2.45, 2.75) is 25.6 Å². The van der Waals surface area contributed by atoms with E-state index in [-0.39, 0.29) is 30.5 Å². The lowest BCUT2D eigenvalue weighted by Crippen LogP contribution is -2.37. The molecule has 2 atom stereocenters. The van der Waals surface area contributed by atoms with Gasteiger partial charge in [-0.1, -0.05) is 24.3 Å². The van der Waals surface area contributed by atoms with E-state index in [1.165, 1.54) is 0 Å². The van der Waals surface area contributed by atoms with Gasteiger partial charge in [-0.3, -0.25) is 4.79 Å². The van der Waals surface area contributed by atoms with Crippen molar-refractivity contribution in [2.24, 2.45) is 5.73 Å².